The van der Waals surface area contributed by atoms with Gasteiger partial charge in [0.15, 0.2) is 0 Å². The topological polar surface area (TPSA) is 95.5 Å². The number of rotatable bonds is 4. The molecular formula is C20H21N5O3. The molecule has 28 heavy (non-hydrogen) atoms. The van der Waals surface area contributed by atoms with Gasteiger partial charge in [-0.15, -0.1) is 0 Å². The van der Waals surface area contributed by atoms with Gasteiger partial charge in [0.25, 0.3) is 5.91 Å². The van der Waals surface area contributed by atoms with Gasteiger partial charge in [0.2, 0.25) is 11.8 Å². The number of hydrogen-bond acceptors (Lipinski definition) is 6. The Hall–Kier alpha value is -3.13. The minimum absolute atomic E-state index is 0.177. The fraction of sp³-hybridized carbons (Fsp3) is 0.350. The second-order valence-corrected chi connectivity index (χ2v) is 7.41. The number of benzene rings is 1. The Kier molecular flexibility index (Phi) is 4.64. The Morgan fingerprint density at radius 2 is 2.04 bits per heavy atom. The van der Waals surface area contributed by atoms with E-state index in [2.05, 4.69) is 20.4 Å². The molecule has 2 aliphatic rings. The molecule has 1 saturated heterocycles. The van der Waals surface area contributed by atoms with Crippen molar-refractivity contribution in [3.63, 3.8) is 0 Å². The molecule has 4 rings (SSSR count). The fourth-order valence-electron chi connectivity index (χ4n) is 3.79. The molecule has 1 unspecified atom stereocenters. The molecule has 0 spiro atoms. The van der Waals surface area contributed by atoms with Crippen LogP contribution in [-0.4, -0.2) is 57.9 Å². The van der Waals surface area contributed by atoms with Crippen molar-refractivity contribution in [1.82, 2.24) is 25.3 Å². The molecule has 0 saturated carbocycles. The zero-order valence-electron chi connectivity index (χ0n) is 15.8. The highest BCUT2D eigenvalue weighted by atomic mass is 16.2. The van der Waals surface area contributed by atoms with Crippen molar-refractivity contribution >= 4 is 17.7 Å². The highest BCUT2D eigenvalue weighted by Gasteiger charge is 2.39. The Labute approximate surface area is 162 Å². The lowest BCUT2D eigenvalue weighted by atomic mass is 10.0. The number of nitrogens with one attached hydrogen (secondary N) is 1. The molecule has 0 aliphatic carbocycles. The summed E-state index contributed by atoms with van der Waals surface area (Å²) in [6, 6.07) is 6.93. The van der Waals surface area contributed by atoms with E-state index in [4.69, 9.17) is 0 Å². The molecule has 0 radical (unpaired) electrons. The maximum absolute atomic E-state index is 12.8. The van der Waals surface area contributed by atoms with Gasteiger partial charge in [-0.05, 0) is 49.8 Å². The molecule has 3 heterocycles. The van der Waals surface area contributed by atoms with E-state index in [1.807, 2.05) is 32.3 Å². The van der Waals surface area contributed by atoms with Gasteiger partial charge in [-0.1, -0.05) is 6.07 Å². The first-order chi connectivity index (χ1) is 13.4. The van der Waals surface area contributed by atoms with Crippen LogP contribution in [0.5, 0.6) is 0 Å². The zero-order valence-corrected chi connectivity index (χ0v) is 15.8. The van der Waals surface area contributed by atoms with Crippen molar-refractivity contribution in [3.8, 4) is 11.3 Å². The molecular weight excluding hydrogens is 358 g/mol. The minimum Gasteiger partial charge on any atom is -0.322 e. The summed E-state index contributed by atoms with van der Waals surface area (Å²) in [5.41, 5.74) is 4.17. The van der Waals surface area contributed by atoms with Crippen LogP contribution < -0.4 is 5.32 Å². The molecule has 8 nitrogen and oxygen atoms in total. The van der Waals surface area contributed by atoms with Crippen LogP contribution in [0.25, 0.3) is 11.3 Å². The van der Waals surface area contributed by atoms with Gasteiger partial charge in [-0.25, -0.2) is 0 Å². The minimum atomic E-state index is -0.609. The highest BCUT2D eigenvalue weighted by molar-refractivity contribution is 6.05. The molecule has 8 heteroatoms. The van der Waals surface area contributed by atoms with Crippen molar-refractivity contribution in [2.24, 2.45) is 0 Å². The van der Waals surface area contributed by atoms with Gasteiger partial charge >= 0.3 is 0 Å². The van der Waals surface area contributed by atoms with Crippen LogP contribution in [0.1, 0.15) is 34.3 Å². The first-order valence-electron chi connectivity index (χ1n) is 9.17. The first kappa shape index (κ1) is 18.2. The van der Waals surface area contributed by atoms with Gasteiger partial charge in [0, 0.05) is 36.8 Å². The van der Waals surface area contributed by atoms with Crippen LogP contribution in [-0.2, 0) is 22.7 Å². The molecule has 1 N–H and O–H groups in total. The Balaban J connectivity index is 1.63. The van der Waals surface area contributed by atoms with Gasteiger partial charge in [-0.2, -0.15) is 10.2 Å². The number of carbonyl (C=O) groups is 3. The smallest absolute Gasteiger partial charge is 0.255 e. The van der Waals surface area contributed by atoms with Crippen molar-refractivity contribution in [2.75, 3.05) is 14.1 Å². The molecule has 144 valence electrons. The maximum atomic E-state index is 12.8. The number of fused-ring (bicyclic) bond motifs is 1. The van der Waals surface area contributed by atoms with E-state index >= 15 is 0 Å². The summed E-state index contributed by atoms with van der Waals surface area (Å²) in [5, 5.41) is 10.6. The van der Waals surface area contributed by atoms with Crippen LogP contribution >= 0.6 is 0 Å². The lowest BCUT2D eigenvalue weighted by molar-refractivity contribution is -0.136. The molecule has 2 aliphatic heterocycles. The van der Waals surface area contributed by atoms with Crippen molar-refractivity contribution in [2.45, 2.75) is 32.0 Å². The van der Waals surface area contributed by atoms with Crippen molar-refractivity contribution < 1.29 is 14.4 Å². The van der Waals surface area contributed by atoms with E-state index in [0.717, 1.165) is 28.9 Å². The van der Waals surface area contributed by atoms with Crippen LogP contribution in [0, 0.1) is 0 Å². The van der Waals surface area contributed by atoms with Gasteiger partial charge in [0.1, 0.15) is 6.04 Å². The molecule has 0 bridgehead atoms. The summed E-state index contributed by atoms with van der Waals surface area (Å²) in [4.78, 5) is 40.0. The van der Waals surface area contributed by atoms with Crippen LogP contribution in [0.4, 0.5) is 0 Å². The normalized spacial score (nSPS) is 19.2. The lowest BCUT2D eigenvalue weighted by Gasteiger charge is -2.29. The third-order valence-electron chi connectivity index (χ3n) is 5.09. The second kappa shape index (κ2) is 7.12. The van der Waals surface area contributed by atoms with E-state index in [1.165, 1.54) is 0 Å². The lowest BCUT2D eigenvalue weighted by Crippen LogP contribution is -2.52. The highest BCUT2D eigenvalue weighted by Crippen LogP contribution is 2.31. The maximum Gasteiger partial charge on any atom is 0.255 e. The number of aromatic nitrogens is 2. The summed E-state index contributed by atoms with van der Waals surface area (Å²) < 4.78 is 0. The monoisotopic (exact) mass is 379 g/mol. The average molecular weight is 379 g/mol. The quantitative estimate of drug-likeness (QED) is 0.796. The fourth-order valence-corrected chi connectivity index (χ4v) is 3.79. The number of imide groups is 1. The SMILES string of the molecule is CN(C)Cc1ccnnc1-c1ccc2c(c1)CN(C1CCC(=O)NC1=O)C2=O. The molecule has 1 fully saturated rings. The van der Waals surface area contributed by atoms with E-state index in [9.17, 15) is 14.4 Å². The summed E-state index contributed by atoms with van der Waals surface area (Å²) in [6.45, 7) is 1.07. The van der Waals surface area contributed by atoms with E-state index in [1.54, 1.807) is 17.2 Å². The molecule has 1 aromatic heterocycles. The van der Waals surface area contributed by atoms with E-state index in [0.29, 0.717) is 18.5 Å². The van der Waals surface area contributed by atoms with E-state index < -0.39 is 11.9 Å². The largest absolute Gasteiger partial charge is 0.322 e. The molecule has 1 aromatic carbocycles. The van der Waals surface area contributed by atoms with Gasteiger partial charge in [0.05, 0.1) is 5.69 Å². The summed E-state index contributed by atoms with van der Waals surface area (Å²) in [5.74, 6) is -0.868. The van der Waals surface area contributed by atoms with Crippen LogP contribution in [0.3, 0.4) is 0 Å². The van der Waals surface area contributed by atoms with Gasteiger partial charge < -0.3 is 9.80 Å². The predicted octanol–water partition coefficient (Wildman–Crippen LogP) is 0.966. The number of carbonyl (C=O) groups excluding carboxylic acids is 3. The number of amides is 3. The number of nitrogens with zero attached hydrogens (tertiary/aromatic N) is 4. The number of hydrogen-bond donors (Lipinski definition) is 1. The third-order valence-corrected chi connectivity index (χ3v) is 5.09. The standard InChI is InChI=1S/C20H21N5O3/c1-24(2)10-13-7-8-21-23-18(13)12-3-4-15-14(9-12)11-25(20(15)28)16-5-6-17(26)22-19(16)27/h3-4,7-9,16H,5-6,10-11H2,1-2H3,(H,22,26,27). The van der Waals surface area contributed by atoms with Crippen molar-refractivity contribution in [3.05, 3.63) is 47.2 Å². The Bertz CT molecular complexity index is 972. The Morgan fingerprint density at radius 1 is 1.21 bits per heavy atom. The average Bonchev–Trinajstić information content (AvgIpc) is 2.97. The van der Waals surface area contributed by atoms with Crippen LogP contribution in [0.2, 0.25) is 0 Å². The van der Waals surface area contributed by atoms with Crippen molar-refractivity contribution in [1.29, 1.82) is 0 Å². The number of piperidine rings is 1. The summed E-state index contributed by atoms with van der Waals surface area (Å²) >= 11 is 0. The third kappa shape index (κ3) is 3.27. The van der Waals surface area contributed by atoms with Crippen LogP contribution in [0.15, 0.2) is 30.5 Å². The first-order valence-corrected chi connectivity index (χ1v) is 9.17. The van der Waals surface area contributed by atoms with E-state index in [-0.39, 0.29) is 18.2 Å². The Morgan fingerprint density at radius 3 is 2.79 bits per heavy atom. The zero-order chi connectivity index (χ0) is 19.8. The molecule has 3 amide bonds. The summed E-state index contributed by atoms with van der Waals surface area (Å²) in [7, 11) is 3.98. The van der Waals surface area contributed by atoms with Gasteiger partial charge in [-0.3, -0.25) is 19.7 Å². The predicted molar refractivity (Wildman–Crippen MR) is 101 cm³/mol. The summed E-state index contributed by atoms with van der Waals surface area (Å²) in [6.07, 6.45) is 2.27. The molecule has 2 aromatic rings. The molecule has 1 atom stereocenters. The second-order valence-electron chi connectivity index (χ2n) is 7.41.